The molecule has 0 aromatic heterocycles. The third-order valence-electron chi connectivity index (χ3n) is 4.59. The predicted molar refractivity (Wildman–Crippen MR) is 184 cm³/mol. The van der Waals surface area contributed by atoms with Crippen molar-refractivity contribution in [3.05, 3.63) is 81.7 Å². The molecule has 19 heteroatoms. The number of hydrogen-bond acceptors (Lipinski definition) is 2. The first-order chi connectivity index (χ1) is 16.7. The maximum Gasteiger partial charge on any atom is 4.00 e. The molecule has 0 bridgehead atoms. The van der Waals surface area contributed by atoms with Crippen LogP contribution in [0.5, 0.6) is 0 Å². The van der Waals surface area contributed by atoms with Crippen LogP contribution in [0.3, 0.4) is 0 Å². The van der Waals surface area contributed by atoms with Gasteiger partial charge in [-0.05, 0) is 24.9 Å². The van der Waals surface area contributed by atoms with Crippen LogP contribution < -0.4 is 5.73 Å². The molecule has 0 aromatic carbocycles. The van der Waals surface area contributed by atoms with Gasteiger partial charge in [0.1, 0.15) is 0 Å². The third kappa shape index (κ3) is 137. The molecule has 0 fully saturated rings. The Hall–Kier alpha value is 0.855. The fraction of sp³-hybridized carbons (Fsp3) is 1.00. The number of nitrogens with zero attached hydrogens (tertiary/aromatic N) is 3. The molecule has 0 amide bonds. The van der Waals surface area contributed by atoms with E-state index < -0.39 is 0 Å². The van der Waals surface area contributed by atoms with Crippen LogP contribution >= 0.6 is 0 Å². The Morgan fingerprint density at radius 1 is 0.395 bits per heavy atom. The normalized spacial score (nSPS) is 7.51. The van der Waals surface area contributed by atoms with E-state index in [1.807, 2.05) is 0 Å². The largest absolute Gasteiger partial charge is 4.00 e. The van der Waals surface area contributed by atoms with Crippen LogP contribution in [0.15, 0.2) is 5.11 Å². The van der Waals surface area contributed by atoms with Crippen molar-refractivity contribution < 1.29 is 63.2 Å². The van der Waals surface area contributed by atoms with Crippen molar-refractivity contribution in [2.24, 2.45) is 10.8 Å². The summed E-state index contributed by atoms with van der Waals surface area (Å²) < 4.78 is 0. The van der Waals surface area contributed by atoms with Crippen molar-refractivity contribution in [1.82, 2.24) is 0 Å². The first kappa shape index (κ1) is 84.6. The Kier molecular flexibility index (Phi) is 205. The number of hydrogen-bond donors (Lipinski definition) is 1. The van der Waals surface area contributed by atoms with Crippen LogP contribution in [-0.4, -0.2) is 52.4 Å². The zero-order chi connectivity index (χ0) is 26.4. The van der Waals surface area contributed by atoms with Crippen LogP contribution in [0.2, 0.25) is 0 Å². The third-order valence-corrected chi connectivity index (χ3v) is 4.59. The van der Waals surface area contributed by atoms with E-state index in [1.165, 1.54) is 12.8 Å². The minimum Gasteiger partial charge on any atom is -0.693 e. The summed E-state index contributed by atoms with van der Waals surface area (Å²) in [7, 11) is 0. The molecule has 0 saturated carbocycles. The Morgan fingerprint density at radius 2 is 0.605 bits per heavy atom. The molecule has 0 atom stereocenters. The molecule has 0 aromatic rings. The van der Waals surface area contributed by atoms with Crippen molar-refractivity contribution in [1.29, 1.82) is 0 Å². The van der Waals surface area contributed by atoms with E-state index in [4.69, 9.17) is 45.7 Å². The average molecular weight is 1170 g/mol. The zero-order valence-electron chi connectivity index (χ0n) is 26.3. The Morgan fingerprint density at radius 3 is 0.791 bits per heavy atom. The van der Waals surface area contributed by atoms with E-state index in [9.17, 15) is 0 Å². The summed E-state index contributed by atoms with van der Waals surface area (Å²) in [5, 5.41) is 3.40. The van der Waals surface area contributed by atoms with Gasteiger partial charge in [-0.15, -0.1) is 0 Å². The molecule has 0 rings (SSSR count). The molecule has 0 aliphatic rings. The van der Waals surface area contributed by atoms with Gasteiger partial charge >= 0.3 is 63.2 Å². The van der Waals surface area contributed by atoms with Crippen molar-refractivity contribution >= 4 is 0 Å². The molecule has 20 N–H and O–H groups in total. The number of nitrogens with one attached hydrogen (secondary N) is 6. The van der Waals surface area contributed by atoms with Gasteiger partial charge in [0.2, 0.25) is 0 Å². The molecule has 0 radical (unpaired) electrons. The monoisotopic (exact) mass is 1170 g/mol. The zero-order valence-corrected chi connectivity index (χ0v) is 33.1. The Bertz CT molecular complexity index is 318. The van der Waals surface area contributed by atoms with Gasteiger partial charge in [0, 0.05) is 11.5 Å². The summed E-state index contributed by atoms with van der Waals surface area (Å²) in [5.41, 5.74) is 54.0. The fourth-order valence-electron chi connectivity index (χ4n) is 2.54. The van der Waals surface area contributed by atoms with E-state index in [0.29, 0.717) is 45.8 Å². The molecule has 0 aliphatic heterocycles. The molecule has 0 aliphatic carbocycles. The van der Waals surface area contributed by atoms with Gasteiger partial charge in [-0.1, -0.05) is 95.0 Å². The fourth-order valence-corrected chi connectivity index (χ4v) is 2.54. The summed E-state index contributed by atoms with van der Waals surface area (Å²) >= 11 is 0. The Labute approximate surface area is 309 Å². The number of azide groups is 1. The summed E-state index contributed by atoms with van der Waals surface area (Å²) in [6.45, 7) is 4.71. The van der Waals surface area contributed by atoms with E-state index in [0.717, 1.165) is 96.4 Å². The standard InChI is InChI=1S/C6H13N4.C6H15N2.2C6H14N2.6H2N.3Pt/c7-5-3-1-2-4-6-9-10-8;3*7-5-3-1-2-4-6-8;;;;;;;;;/h7H,1-6H2;7H,1-6,8H2;2*7-8H,1-6H2;6*1H2;;;/q2*-1;2*-2;6*-1;3*+4. The molecule has 274 valence electrons. The molecule has 0 spiro atoms. The summed E-state index contributed by atoms with van der Waals surface area (Å²) in [6.07, 6.45) is 17.3. The van der Waals surface area contributed by atoms with Crippen LogP contribution in [0.25, 0.3) is 81.7 Å². The van der Waals surface area contributed by atoms with Gasteiger partial charge in [-0.25, -0.2) is 0 Å². The van der Waals surface area contributed by atoms with Gasteiger partial charge in [0.15, 0.2) is 0 Å². The Balaban J connectivity index is -0.0000000238. The van der Waals surface area contributed by atoms with Gasteiger partial charge in [-0.3, -0.25) is 0 Å². The number of unbranched alkanes of at least 4 members (excludes halogenated alkanes) is 12. The van der Waals surface area contributed by atoms with Crippen LogP contribution in [0.4, 0.5) is 0 Å². The van der Waals surface area contributed by atoms with Crippen molar-refractivity contribution in [2.45, 2.75) is 103 Å². The number of rotatable bonds is 21. The first-order valence-electron chi connectivity index (χ1n) is 13.2. The van der Waals surface area contributed by atoms with Crippen LogP contribution in [0.1, 0.15) is 103 Å². The van der Waals surface area contributed by atoms with Gasteiger partial charge in [0.25, 0.3) is 0 Å². The molecule has 0 saturated heterocycles. The van der Waals surface area contributed by atoms with Gasteiger partial charge < -0.3 is 77.0 Å². The van der Waals surface area contributed by atoms with E-state index >= 15 is 0 Å². The van der Waals surface area contributed by atoms with Crippen molar-refractivity contribution in [3.8, 4) is 0 Å². The second-order valence-corrected chi connectivity index (χ2v) is 7.90. The van der Waals surface area contributed by atoms with Crippen LogP contribution in [-0.2, 0) is 63.2 Å². The molecule has 16 nitrogen and oxygen atoms in total. The maximum absolute atomic E-state index is 7.90. The van der Waals surface area contributed by atoms with Gasteiger partial charge in [0.05, 0.1) is 0 Å². The molecule has 0 unspecified atom stereocenters. The van der Waals surface area contributed by atoms with E-state index in [-0.39, 0.29) is 100 Å². The summed E-state index contributed by atoms with van der Waals surface area (Å²) in [4.78, 5) is 2.64. The van der Waals surface area contributed by atoms with Gasteiger partial charge in [-0.2, -0.15) is 39.3 Å². The SMILES string of the molecule is [N-]=[N+]=NCCCCCC[NH-].[NH-]CCCCCCN.[NH-]CCCCCC[NH-].[NH-]CCCCCC[NH-].[NH2-].[NH2-].[NH2-].[NH2-].[NH2-].[NH2-].[Pt+4].[Pt+4].[Pt+4]. The molecule has 43 heavy (non-hydrogen) atoms. The quantitative estimate of drug-likeness (QED) is 0.0498. The smallest absolute Gasteiger partial charge is 0.693 e. The summed E-state index contributed by atoms with van der Waals surface area (Å²) in [5.74, 6) is 0. The minimum atomic E-state index is 0. The predicted octanol–water partition coefficient (Wildman–Crippen LogP) is 14.1. The average Bonchev–Trinajstić information content (AvgIpc) is 2.86. The second kappa shape index (κ2) is 104. The minimum absolute atomic E-state index is 0. The van der Waals surface area contributed by atoms with Crippen LogP contribution in [0, 0.1) is 0 Å². The molecular formula is C24H68N16Pt3. The first-order valence-corrected chi connectivity index (χ1v) is 13.2. The van der Waals surface area contributed by atoms with E-state index in [1.54, 1.807) is 0 Å². The topological polar surface area (TPSA) is 419 Å². The second-order valence-electron chi connectivity index (χ2n) is 7.90. The van der Waals surface area contributed by atoms with Crippen molar-refractivity contribution in [2.75, 3.05) is 52.4 Å². The maximum atomic E-state index is 7.90. The van der Waals surface area contributed by atoms with Crippen molar-refractivity contribution in [3.63, 3.8) is 0 Å². The van der Waals surface area contributed by atoms with E-state index in [2.05, 4.69) is 10.0 Å². The molecular weight excluding hydrogens is 1100 g/mol. The number of nitrogens with two attached hydrogens (primary N) is 7. The summed E-state index contributed by atoms with van der Waals surface area (Å²) in [6, 6.07) is 0. The molecule has 0 heterocycles.